The monoisotopic (exact) mass is 165 g/mol. The van der Waals surface area contributed by atoms with Crippen molar-refractivity contribution in [3.8, 4) is 6.07 Å². The van der Waals surface area contributed by atoms with Gasteiger partial charge < -0.3 is 5.11 Å². The van der Waals surface area contributed by atoms with Crippen molar-refractivity contribution >= 4 is 5.97 Å². The van der Waals surface area contributed by atoms with Crippen LogP contribution in [-0.2, 0) is 4.79 Å². The first-order valence-electron chi connectivity index (χ1n) is 3.56. The zero-order chi connectivity index (χ0) is 9.56. The van der Waals surface area contributed by atoms with Gasteiger partial charge in [-0.25, -0.2) is 4.79 Å². The quantitative estimate of drug-likeness (QED) is 0.511. The Kier molecular flexibility index (Phi) is 4.47. The van der Waals surface area contributed by atoms with Crippen LogP contribution in [-0.4, -0.2) is 11.1 Å². The molecule has 0 aromatic carbocycles. The van der Waals surface area contributed by atoms with Crippen molar-refractivity contribution in [3.63, 3.8) is 0 Å². The Morgan fingerprint density at radius 2 is 2.25 bits per heavy atom. The van der Waals surface area contributed by atoms with Crippen LogP contribution < -0.4 is 0 Å². The van der Waals surface area contributed by atoms with E-state index in [-0.39, 0.29) is 5.57 Å². The molecule has 0 fully saturated rings. The molecule has 0 aliphatic carbocycles. The Morgan fingerprint density at radius 1 is 1.67 bits per heavy atom. The molecule has 0 radical (unpaired) electrons. The van der Waals surface area contributed by atoms with E-state index in [9.17, 15) is 4.79 Å². The number of carbonyl (C=O) groups is 1. The molecule has 1 unspecified atom stereocenters. The molecule has 0 amide bonds. The van der Waals surface area contributed by atoms with Crippen molar-refractivity contribution in [2.45, 2.75) is 13.8 Å². The van der Waals surface area contributed by atoms with Crippen LogP contribution in [0.3, 0.4) is 0 Å². The summed E-state index contributed by atoms with van der Waals surface area (Å²) < 4.78 is 0. The second kappa shape index (κ2) is 5.14. The summed E-state index contributed by atoms with van der Waals surface area (Å²) in [5.74, 6) is -1.43. The van der Waals surface area contributed by atoms with E-state index in [2.05, 4.69) is 0 Å². The van der Waals surface area contributed by atoms with Gasteiger partial charge in [-0.05, 0) is 13.8 Å². The zero-order valence-corrected chi connectivity index (χ0v) is 7.11. The fourth-order valence-electron chi connectivity index (χ4n) is 0.684. The summed E-state index contributed by atoms with van der Waals surface area (Å²) >= 11 is 0. The van der Waals surface area contributed by atoms with Gasteiger partial charge in [0.25, 0.3) is 0 Å². The maximum Gasteiger partial charge on any atom is 0.330 e. The van der Waals surface area contributed by atoms with Crippen LogP contribution in [0.5, 0.6) is 0 Å². The van der Waals surface area contributed by atoms with E-state index in [1.165, 1.54) is 13.0 Å². The van der Waals surface area contributed by atoms with Gasteiger partial charge in [0.1, 0.15) is 0 Å². The number of hydrogen-bond acceptors (Lipinski definition) is 2. The Hall–Kier alpha value is -1.56. The predicted molar refractivity (Wildman–Crippen MR) is 45.3 cm³/mol. The number of aliphatic carboxylic acids is 1. The van der Waals surface area contributed by atoms with Crippen molar-refractivity contribution in [1.29, 1.82) is 5.26 Å². The number of carboxylic acids is 1. The lowest BCUT2D eigenvalue weighted by molar-refractivity contribution is -0.132. The Morgan fingerprint density at radius 3 is 2.58 bits per heavy atom. The fourth-order valence-corrected chi connectivity index (χ4v) is 0.684. The van der Waals surface area contributed by atoms with E-state index in [4.69, 9.17) is 10.4 Å². The molecule has 0 saturated carbocycles. The van der Waals surface area contributed by atoms with Gasteiger partial charge in [0.05, 0.1) is 12.0 Å². The van der Waals surface area contributed by atoms with E-state index in [0.29, 0.717) is 0 Å². The molecule has 12 heavy (non-hydrogen) atoms. The molecular weight excluding hydrogens is 154 g/mol. The minimum Gasteiger partial charge on any atom is -0.478 e. The largest absolute Gasteiger partial charge is 0.478 e. The third kappa shape index (κ3) is 3.57. The molecule has 0 aliphatic heterocycles. The fraction of sp³-hybridized carbons (Fsp3) is 0.333. The van der Waals surface area contributed by atoms with Gasteiger partial charge >= 0.3 is 5.97 Å². The van der Waals surface area contributed by atoms with Crippen molar-refractivity contribution < 1.29 is 9.90 Å². The first-order valence-corrected chi connectivity index (χ1v) is 3.56. The summed E-state index contributed by atoms with van der Waals surface area (Å²) in [5, 5.41) is 17.0. The molecule has 0 aromatic rings. The number of allylic oxidation sites excluding steroid dienone is 3. The lowest BCUT2D eigenvalue weighted by atomic mass is 10.1. The highest BCUT2D eigenvalue weighted by molar-refractivity contribution is 5.85. The summed E-state index contributed by atoms with van der Waals surface area (Å²) in [6.45, 7) is 3.25. The molecule has 0 saturated heterocycles. The van der Waals surface area contributed by atoms with E-state index >= 15 is 0 Å². The smallest absolute Gasteiger partial charge is 0.330 e. The minimum atomic E-state index is -0.986. The Bertz CT molecular complexity index is 258. The topological polar surface area (TPSA) is 61.1 Å². The normalized spacial score (nSPS) is 14.2. The highest BCUT2D eigenvalue weighted by atomic mass is 16.4. The second-order valence-electron chi connectivity index (χ2n) is 2.34. The van der Waals surface area contributed by atoms with Crippen LogP contribution in [0.15, 0.2) is 23.8 Å². The van der Waals surface area contributed by atoms with Gasteiger partial charge in [-0.3, -0.25) is 0 Å². The van der Waals surface area contributed by atoms with Crippen molar-refractivity contribution in [3.05, 3.63) is 23.8 Å². The van der Waals surface area contributed by atoms with E-state index in [0.717, 1.165) is 0 Å². The Labute approximate surface area is 71.6 Å². The molecule has 3 heteroatoms. The summed E-state index contributed by atoms with van der Waals surface area (Å²) in [7, 11) is 0. The van der Waals surface area contributed by atoms with E-state index in [1.54, 1.807) is 19.1 Å². The summed E-state index contributed by atoms with van der Waals surface area (Å²) in [5.41, 5.74) is 0.194. The zero-order valence-electron chi connectivity index (χ0n) is 7.11. The van der Waals surface area contributed by atoms with Gasteiger partial charge in [-0.15, -0.1) is 0 Å². The highest BCUT2D eigenvalue weighted by Crippen LogP contribution is 2.04. The molecule has 0 heterocycles. The number of hydrogen-bond donors (Lipinski definition) is 1. The van der Waals surface area contributed by atoms with Crippen molar-refractivity contribution in [2.75, 3.05) is 0 Å². The average Bonchev–Trinajstić information content (AvgIpc) is 2.03. The molecule has 1 atom stereocenters. The van der Waals surface area contributed by atoms with Crippen molar-refractivity contribution in [1.82, 2.24) is 0 Å². The third-order valence-corrected chi connectivity index (χ3v) is 1.32. The SMILES string of the molecule is CC=CC(C#N)C=C(C)C(=O)O. The van der Waals surface area contributed by atoms with Crippen LogP contribution >= 0.6 is 0 Å². The van der Waals surface area contributed by atoms with E-state index in [1.807, 2.05) is 6.07 Å². The predicted octanol–water partition coefficient (Wildman–Crippen LogP) is 1.73. The van der Waals surface area contributed by atoms with E-state index < -0.39 is 11.9 Å². The van der Waals surface area contributed by atoms with Crippen LogP contribution in [0.4, 0.5) is 0 Å². The highest BCUT2D eigenvalue weighted by Gasteiger charge is 2.03. The molecule has 0 bridgehead atoms. The first kappa shape index (κ1) is 10.4. The summed E-state index contributed by atoms with van der Waals surface area (Å²) in [6.07, 6.45) is 4.79. The van der Waals surface area contributed by atoms with Gasteiger partial charge in [-0.1, -0.05) is 18.2 Å². The summed E-state index contributed by atoms with van der Waals surface area (Å²) in [4.78, 5) is 10.4. The molecule has 0 spiro atoms. The standard InChI is InChI=1S/C9H11NO2/c1-3-4-8(6-10)5-7(2)9(11)12/h3-5,8H,1-2H3,(H,11,12). The van der Waals surface area contributed by atoms with Gasteiger partial charge in [0, 0.05) is 5.57 Å². The number of nitrogens with zero attached hydrogens (tertiary/aromatic N) is 1. The number of nitriles is 1. The molecule has 1 N–H and O–H groups in total. The number of carboxylic acid groups (broad SMARTS) is 1. The van der Waals surface area contributed by atoms with Crippen LogP contribution in [0.1, 0.15) is 13.8 Å². The summed E-state index contributed by atoms with van der Waals surface area (Å²) in [6, 6.07) is 1.96. The van der Waals surface area contributed by atoms with Crippen LogP contribution in [0.25, 0.3) is 0 Å². The molecule has 3 nitrogen and oxygen atoms in total. The lowest BCUT2D eigenvalue weighted by Crippen LogP contribution is -1.98. The first-order chi connectivity index (χ1) is 5.61. The van der Waals surface area contributed by atoms with Crippen LogP contribution in [0.2, 0.25) is 0 Å². The maximum atomic E-state index is 10.4. The lowest BCUT2D eigenvalue weighted by Gasteiger charge is -1.95. The average molecular weight is 165 g/mol. The molecule has 0 aliphatic rings. The second-order valence-corrected chi connectivity index (χ2v) is 2.34. The third-order valence-electron chi connectivity index (χ3n) is 1.32. The van der Waals surface area contributed by atoms with Crippen molar-refractivity contribution in [2.24, 2.45) is 5.92 Å². The Balaban J connectivity index is 4.49. The van der Waals surface area contributed by atoms with Gasteiger partial charge in [-0.2, -0.15) is 5.26 Å². The number of rotatable bonds is 3. The van der Waals surface area contributed by atoms with Gasteiger partial charge in [0.2, 0.25) is 0 Å². The maximum absolute atomic E-state index is 10.4. The molecule has 0 aromatic heterocycles. The van der Waals surface area contributed by atoms with Gasteiger partial charge in [0.15, 0.2) is 0 Å². The van der Waals surface area contributed by atoms with Crippen LogP contribution in [0, 0.1) is 17.2 Å². The minimum absolute atomic E-state index is 0.194. The molecule has 64 valence electrons. The molecular formula is C9H11NO2. The molecule has 0 rings (SSSR count).